The number of amides is 2. The molecule has 0 aliphatic rings. The first kappa shape index (κ1) is 14.2. The highest BCUT2D eigenvalue weighted by molar-refractivity contribution is 5.74. The molecule has 1 atom stereocenters. The number of benzene rings is 1. The Morgan fingerprint density at radius 1 is 1.20 bits per heavy atom. The number of furan rings is 1. The smallest absolute Gasteiger partial charge is 0.315 e. The molecule has 0 radical (unpaired) electrons. The summed E-state index contributed by atoms with van der Waals surface area (Å²) in [5, 5.41) is 5.69. The number of hydrogen-bond acceptors (Lipinski definition) is 2. The van der Waals surface area contributed by atoms with Crippen molar-refractivity contribution in [2.75, 3.05) is 0 Å². The van der Waals surface area contributed by atoms with Gasteiger partial charge in [-0.25, -0.2) is 4.79 Å². The molecule has 0 aliphatic heterocycles. The molecule has 4 heteroatoms. The summed E-state index contributed by atoms with van der Waals surface area (Å²) in [7, 11) is 0. The average molecular weight is 272 g/mol. The molecule has 2 rings (SSSR count). The van der Waals surface area contributed by atoms with Crippen LogP contribution in [0.15, 0.2) is 53.1 Å². The second-order valence-electron chi connectivity index (χ2n) is 4.83. The van der Waals surface area contributed by atoms with Crippen LogP contribution in [0.1, 0.15) is 24.7 Å². The van der Waals surface area contributed by atoms with Crippen LogP contribution in [0.3, 0.4) is 0 Å². The van der Waals surface area contributed by atoms with Gasteiger partial charge in [-0.05, 0) is 37.5 Å². The highest BCUT2D eigenvalue weighted by Crippen LogP contribution is 2.04. The highest BCUT2D eigenvalue weighted by atomic mass is 16.3. The van der Waals surface area contributed by atoms with Crippen molar-refractivity contribution in [3.8, 4) is 0 Å². The minimum Gasteiger partial charge on any atom is -0.467 e. The number of carbonyl (C=O) groups is 1. The van der Waals surface area contributed by atoms with Crippen molar-refractivity contribution in [3.05, 3.63) is 60.1 Å². The average Bonchev–Trinajstić information content (AvgIpc) is 2.97. The van der Waals surface area contributed by atoms with Gasteiger partial charge in [0.1, 0.15) is 5.76 Å². The lowest BCUT2D eigenvalue weighted by Gasteiger charge is -2.14. The summed E-state index contributed by atoms with van der Waals surface area (Å²) >= 11 is 0. The first-order chi connectivity index (χ1) is 9.74. The Morgan fingerprint density at radius 2 is 2.00 bits per heavy atom. The van der Waals surface area contributed by atoms with E-state index in [0.717, 1.165) is 18.6 Å². The van der Waals surface area contributed by atoms with E-state index in [2.05, 4.69) is 22.8 Å². The molecule has 0 saturated carbocycles. The summed E-state index contributed by atoms with van der Waals surface area (Å²) in [6, 6.07) is 13.9. The number of urea groups is 1. The summed E-state index contributed by atoms with van der Waals surface area (Å²) < 4.78 is 5.15. The largest absolute Gasteiger partial charge is 0.467 e. The van der Waals surface area contributed by atoms with Crippen molar-refractivity contribution in [3.63, 3.8) is 0 Å². The first-order valence-electron chi connectivity index (χ1n) is 6.84. The molecule has 0 saturated heterocycles. The van der Waals surface area contributed by atoms with Crippen molar-refractivity contribution in [2.45, 2.75) is 32.4 Å². The van der Waals surface area contributed by atoms with Crippen LogP contribution in [0, 0.1) is 0 Å². The van der Waals surface area contributed by atoms with Crippen LogP contribution in [0.25, 0.3) is 0 Å². The molecule has 1 unspecified atom stereocenters. The lowest BCUT2D eigenvalue weighted by molar-refractivity contribution is 0.236. The Hall–Kier alpha value is -2.23. The minimum absolute atomic E-state index is 0.131. The third-order valence-electron chi connectivity index (χ3n) is 3.09. The van der Waals surface area contributed by atoms with Gasteiger partial charge < -0.3 is 15.1 Å². The predicted molar refractivity (Wildman–Crippen MR) is 78.3 cm³/mol. The van der Waals surface area contributed by atoms with Gasteiger partial charge in [-0.15, -0.1) is 0 Å². The fourth-order valence-corrected chi connectivity index (χ4v) is 1.96. The van der Waals surface area contributed by atoms with Crippen molar-refractivity contribution in [1.29, 1.82) is 0 Å². The van der Waals surface area contributed by atoms with Gasteiger partial charge in [0, 0.05) is 6.04 Å². The van der Waals surface area contributed by atoms with Gasteiger partial charge in [0.15, 0.2) is 0 Å². The van der Waals surface area contributed by atoms with E-state index in [1.165, 1.54) is 5.56 Å². The molecule has 1 aromatic carbocycles. The minimum atomic E-state index is -0.165. The van der Waals surface area contributed by atoms with E-state index >= 15 is 0 Å². The normalized spacial score (nSPS) is 11.8. The monoisotopic (exact) mass is 272 g/mol. The summed E-state index contributed by atoms with van der Waals surface area (Å²) in [5.41, 5.74) is 1.29. The number of rotatable bonds is 6. The lowest BCUT2D eigenvalue weighted by atomic mass is 10.1. The van der Waals surface area contributed by atoms with E-state index in [1.807, 2.05) is 31.2 Å². The Balaban J connectivity index is 1.66. The quantitative estimate of drug-likeness (QED) is 0.849. The third-order valence-corrected chi connectivity index (χ3v) is 3.09. The van der Waals surface area contributed by atoms with Gasteiger partial charge in [-0.2, -0.15) is 0 Å². The summed E-state index contributed by atoms with van der Waals surface area (Å²) in [6.07, 6.45) is 3.47. The van der Waals surface area contributed by atoms with E-state index in [-0.39, 0.29) is 12.1 Å². The highest BCUT2D eigenvalue weighted by Gasteiger charge is 2.07. The number of nitrogens with one attached hydrogen (secondary N) is 2. The van der Waals surface area contributed by atoms with Crippen molar-refractivity contribution in [1.82, 2.24) is 10.6 Å². The summed E-state index contributed by atoms with van der Waals surface area (Å²) in [4.78, 5) is 11.7. The fourth-order valence-electron chi connectivity index (χ4n) is 1.96. The Kier molecular flexibility index (Phi) is 5.24. The SMILES string of the molecule is CC(CCc1ccccc1)NC(=O)NCc1ccco1. The molecule has 0 spiro atoms. The van der Waals surface area contributed by atoms with Gasteiger partial charge in [-0.3, -0.25) is 0 Å². The molecule has 0 fully saturated rings. The van der Waals surface area contributed by atoms with Crippen molar-refractivity contribution >= 4 is 6.03 Å². The molecule has 0 aliphatic carbocycles. The summed E-state index contributed by atoms with van der Waals surface area (Å²) in [5.74, 6) is 0.747. The van der Waals surface area contributed by atoms with Crippen LogP contribution < -0.4 is 10.6 Å². The standard InChI is InChI=1S/C16H20N2O2/c1-13(9-10-14-6-3-2-4-7-14)18-16(19)17-12-15-8-5-11-20-15/h2-8,11,13H,9-10,12H2,1H3,(H2,17,18,19). The van der Waals surface area contributed by atoms with Gasteiger partial charge >= 0.3 is 6.03 Å². The predicted octanol–water partition coefficient (Wildman–Crippen LogP) is 3.10. The third kappa shape index (κ3) is 4.80. The first-order valence-corrected chi connectivity index (χ1v) is 6.84. The molecular weight excluding hydrogens is 252 g/mol. The van der Waals surface area contributed by atoms with E-state index in [1.54, 1.807) is 12.3 Å². The van der Waals surface area contributed by atoms with E-state index in [0.29, 0.717) is 6.54 Å². The van der Waals surface area contributed by atoms with E-state index < -0.39 is 0 Å². The number of hydrogen-bond donors (Lipinski definition) is 2. The zero-order valence-corrected chi connectivity index (χ0v) is 11.6. The van der Waals surface area contributed by atoms with E-state index in [4.69, 9.17) is 4.42 Å². The fraction of sp³-hybridized carbons (Fsp3) is 0.312. The second-order valence-corrected chi connectivity index (χ2v) is 4.83. The van der Waals surface area contributed by atoms with Crippen LogP contribution >= 0.6 is 0 Å². The van der Waals surface area contributed by atoms with Gasteiger partial charge in [-0.1, -0.05) is 30.3 Å². The Labute approximate surface area is 119 Å². The summed E-state index contributed by atoms with van der Waals surface area (Å²) in [6.45, 7) is 2.42. The molecule has 2 amide bonds. The maximum Gasteiger partial charge on any atom is 0.315 e. The molecule has 2 N–H and O–H groups in total. The van der Waals surface area contributed by atoms with Crippen LogP contribution in [0.5, 0.6) is 0 Å². The molecule has 1 heterocycles. The topological polar surface area (TPSA) is 54.3 Å². The second kappa shape index (κ2) is 7.38. The zero-order valence-electron chi connectivity index (χ0n) is 11.6. The number of carbonyl (C=O) groups excluding carboxylic acids is 1. The molecule has 106 valence electrons. The van der Waals surface area contributed by atoms with Crippen molar-refractivity contribution < 1.29 is 9.21 Å². The number of aryl methyl sites for hydroxylation is 1. The van der Waals surface area contributed by atoms with Gasteiger partial charge in [0.25, 0.3) is 0 Å². The molecule has 2 aromatic rings. The van der Waals surface area contributed by atoms with Crippen LogP contribution in [-0.4, -0.2) is 12.1 Å². The maximum atomic E-state index is 11.7. The molecule has 1 aromatic heterocycles. The van der Waals surface area contributed by atoms with Crippen LogP contribution in [-0.2, 0) is 13.0 Å². The lowest BCUT2D eigenvalue weighted by Crippen LogP contribution is -2.40. The Bertz CT molecular complexity index is 509. The van der Waals surface area contributed by atoms with Gasteiger partial charge in [0.05, 0.1) is 12.8 Å². The van der Waals surface area contributed by atoms with Gasteiger partial charge in [0.2, 0.25) is 0 Å². The molecular formula is C16H20N2O2. The Morgan fingerprint density at radius 3 is 2.70 bits per heavy atom. The molecule has 20 heavy (non-hydrogen) atoms. The van der Waals surface area contributed by atoms with E-state index in [9.17, 15) is 4.79 Å². The maximum absolute atomic E-state index is 11.7. The van der Waals surface area contributed by atoms with Crippen LogP contribution in [0.4, 0.5) is 4.79 Å². The van der Waals surface area contributed by atoms with Crippen molar-refractivity contribution in [2.24, 2.45) is 0 Å². The molecule has 4 nitrogen and oxygen atoms in total. The van der Waals surface area contributed by atoms with Crippen LogP contribution in [0.2, 0.25) is 0 Å². The zero-order chi connectivity index (χ0) is 14.2. The molecule has 0 bridgehead atoms.